The number of carbonyl (C=O) groups excluding carboxylic acids is 1. The summed E-state index contributed by atoms with van der Waals surface area (Å²) in [4.78, 5) is 29.2. The van der Waals surface area contributed by atoms with Crippen LogP contribution >= 0.6 is 0 Å². The number of H-pyrrole nitrogens is 2. The van der Waals surface area contributed by atoms with Crippen LogP contribution in [-0.2, 0) is 14.8 Å². The second-order valence-corrected chi connectivity index (χ2v) is 8.28. The number of hydrogen-bond donors (Lipinski definition) is 2. The second kappa shape index (κ2) is 6.78. The van der Waals surface area contributed by atoms with Gasteiger partial charge in [0.1, 0.15) is 16.2 Å². The first-order valence-electron chi connectivity index (χ1n) is 8.14. The van der Waals surface area contributed by atoms with Crippen molar-refractivity contribution in [3.8, 4) is 0 Å². The van der Waals surface area contributed by atoms with E-state index in [2.05, 4.69) is 9.97 Å². The van der Waals surface area contributed by atoms with Gasteiger partial charge in [-0.25, -0.2) is 21.9 Å². The molecule has 144 valence electrons. The molecule has 2 aromatic heterocycles. The van der Waals surface area contributed by atoms with Gasteiger partial charge in [0.2, 0.25) is 10.0 Å². The summed E-state index contributed by atoms with van der Waals surface area (Å²) in [6, 6.07) is 2.05. The number of sulfonamides is 1. The highest BCUT2D eigenvalue weighted by molar-refractivity contribution is 7.89. The molecule has 10 heteroatoms. The highest BCUT2D eigenvalue weighted by Crippen LogP contribution is 2.29. The van der Waals surface area contributed by atoms with E-state index in [0.717, 1.165) is 16.4 Å². The molecule has 2 N–H and O–H groups in total. The van der Waals surface area contributed by atoms with Crippen LogP contribution < -0.4 is 5.56 Å². The standard InChI is InChI=1S/C17H18FN3O5S/c1-4-5-26-17(23)10-8-19-15-14(10)9-6-13(27(24,25)21(2)3)11(18)7-12(9)20-16(15)22/h6-8,19H,4-5H2,1-3H3,(H,20,22). The highest BCUT2D eigenvalue weighted by Gasteiger charge is 2.25. The highest BCUT2D eigenvalue weighted by atomic mass is 32.2. The number of aromatic nitrogens is 2. The molecule has 0 aliphatic heterocycles. The number of nitrogens with one attached hydrogen (secondary N) is 2. The third-order valence-corrected chi connectivity index (χ3v) is 5.94. The molecule has 0 amide bonds. The van der Waals surface area contributed by atoms with Crippen LogP contribution in [0.5, 0.6) is 0 Å². The molecule has 0 saturated carbocycles. The molecule has 8 nitrogen and oxygen atoms in total. The molecule has 0 bridgehead atoms. The van der Waals surface area contributed by atoms with Gasteiger partial charge in [0.25, 0.3) is 5.56 Å². The minimum Gasteiger partial charge on any atom is -0.462 e. The Hall–Kier alpha value is -2.72. The number of halogens is 1. The van der Waals surface area contributed by atoms with E-state index in [1.54, 1.807) is 0 Å². The minimum atomic E-state index is -4.07. The van der Waals surface area contributed by atoms with Gasteiger partial charge in [-0.05, 0) is 18.6 Å². The fraction of sp³-hybridized carbons (Fsp3) is 0.294. The zero-order valence-electron chi connectivity index (χ0n) is 14.9. The Bertz CT molecular complexity index is 1210. The van der Waals surface area contributed by atoms with E-state index < -0.39 is 32.3 Å². The second-order valence-electron chi connectivity index (χ2n) is 6.16. The first-order valence-corrected chi connectivity index (χ1v) is 9.58. The average molecular weight is 395 g/mol. The molecule has 3 aromatic rings. The number of aromatic amines is 2. The summed E-state index contributed by atoms with van der Waals surface area (Å²) in [5.74, 6) is -1.66. The first kappa shape index (κ1) is 19.1. The van der Waals surface area contributed by atoms with Crippen molar-refractivity contribution in [2.75, 3.05) is 20.7 Å². The van der Waals surface area contributed by atoms with Crippen molar-refractivity contribution in [1.29, 1.82) is 0 Å². The smallest absolute Gasteiger partial charge is 0.340 e. The van der Waals surface area contributed by atoms with Crippen molar-refractivity contribution in [2.45, 2.75) is 18.2 Å². The molecule has 3 rings (SSSR count). The monoisotopic (exact) mass is 395 g/mol. The van der Waals surface area contributed by atoms with Gasteiger partial charge in [-0.2, -0.15) is 0 Å². The molecule has 0 unspecified atom stereocenters. The lowest BCUT2D eigenvalue weighted by atomic mass is 10.1. The molecule has 1 aromatic carbocycles. The zero-order chi connectivity index (χ0) is 19.9. The molecule has 0 aliphatic rings. The van der Waals surface area contributed by atoms with E-state index in [1.165, 1.54) is 20.3 Å². The Morgan fingerprint density at radius 3 is 2.63 bits per heavy atom. The van der Waals surface area contributed by atoms with Crippen LogP contribution in [-0.4, -0.2) is 49.4 Å². The predicted molar refractivity (Wildman–Crippen MR) is 97.8 cm³/mol. The van der Waals surface area contributed by atoms with Gasteiger partial charge in [-0.1, -0.05) is 6.92 Å². The zero-order valence-corrected chi connectivity index (χ0v) is 15.7. The third-order valence-electron chi connectivity index (χ3n) is 4.11. The number of nitrogens with zero attached hydrogens (tertiary/aromatic N) is 1. The number of rotatable bonds is 5. The van der Waals surface area contributed by atoms with Crippen LogP contribution in [0.4, 0.5) is 4.39 Å². The van der Waals surface area contributed by atoms with E-state index >= 15 is 0 Å². The van der Waals surface area contributed by atoms with E-state index in [9.17, 15) is 22.4 Å². The normalized spacial score (nSPS) is 12.2. The Balaban J connectivity index is 2.39. The van der Waals surface area contributed by atoms with Gasteiger partial charge >= 0.3 is 5.97 Å². The van der Waals surface area contributed by atoms with Crippen LogP contribution in [0.1, 0.15) is 23.7 Å². The average Bonchev–Trinajstić information content (AvgIpc) is 3.05. The quantitative estimate of drug-likeness (QED) is 0.642. The lowest BCUT2D eigenvalue weighted by molar-refractivity contribution is 0.0507. The number of pyridine rings is 1. The van der Waals surface area contributed by atoms with Crippen molar-refractivity contribution in [3.05, 3.63) is 40.1 Å². The van der Waals surface area contributed by atoms with Gasteiger partial charge < -0.3 is 14.7 Å². The largest absolute Gasteiger partial charge is 0.462 e. The maximum Gasteiger partial charge on any atom is 0.340 e. The van der Waals surface area contributed by atoms with Crippen molar-refractivity contribution in [3.63, 3.8) is 0 Å². The lowest BCUT2D eigenvalue weighted by Crippen LogP contribution is -2.23. The molecular weight excluding hydrogens is 377 g/mol. The SMILES string of the molecule is CCCOC(=O)c1c[nH]c2c(=O)[nH]c3cc(F)c(S(=O)(=O)N(C)C)cc3c12. The molecule has 2 heterocycles. The summed E-state index contributed by atoms with van der Waals surface area (Å²) < 4.78 is 45.3. The van der Waals surface area contributed by atoms with E-state index in [4.69, 9.17) is 4.74 Å². The lowest BCUT2D eigenvalue weighted by Gasteiger charge is -2.13. The number of benzene rings is 1. The summed E-state index contributed by atoms with van der Waals surface area (Å²) in [5.41, 5.74) is -0.332. The summed E-state index contributed by atoms with van der Waals surface area (Å²) in [6.07, 6.45) is 1.94. The predicted octanol–water partition coefficient (Wildman–Crippen LogP) is 1.97. The number of fused-ring (bicyclic) bond motifs is 3. The van der Waals surface area contributed by atoms with Crippen molar-refractivity contribution in [2.24, 2.45) is 0 Å². The Kier molecular flexibility index (Phi) is 4.79. The van der Waals surface area contributed by atoms with Crippen molar-refractivity contribution in [1.82, 2.24) is 14.3 Å². The van der Waals surface area contributed by atoms with Gasteiger partial charge in [0.15, 0.2) is 0 Å². The molecule has 0 spiro atoms. The summed E-state index contributed by atoms with van der Waals surface area (Å²) >= 11 is 0. The maximum atomic E-state index is 14.4. The minimum absolute atomic E-state index is 0.0748. The van der Waals surface area contributed by atoms with Crippen LogP contribution in [0.15, 0.2) is 28.0 Å². The molecule has 0 aliphatic carbocycles. The van der Waals surface area contributed by atoms with Crippen molar-refractivity contribution >= 4 is 37.8 Å². The molecule has 0 saturated heterocycles. The number of hydrogen-bond acceptors (Lipinski definition) is 5. The molecule has 0 radical (unpaired) electrons. The Labute approximate surface area is 154 Å². The summed E-state index contributed by atoms with van der Waals surface area (Å²) in [6.45, 7) is 2.03. The van der Waals surface area contributed by atoms with Crippen LogP contribution in [0.25, 0.3) is 21.8 Å². The topological polar surface area (TPSA) is 112 Å². The number of carbonyl (C=O) groups is 1. The summed E-state index contributed by atoms with van der Waals surface area (Å²) in [5, 5.41) is 0.404. The van der Waals surface area contributed by atoms with Gasteiger partial charge in [-0.3, -0.25) is 4.79 Å². The fourth-order valence-electron chi connectivity index (χ4n) is 2.76. The van der Waals surface area contributed by atoms with Crippen LogP contribution in [0, 0.1) is 5.82 Å². The van der Waals surface area contributed by atoms with Gasteiger partial charge in [-0.15, -0.1) is 0 Å². The van der Waals surface area contributed by atoms with Crippen LogP contribution in [0.3, 0.4) is 0 Å². The first-order chi connectivity index (χ1) is 12.7. The molecular formula is C17H18FN3O5S. The molecule has 0 atom stereocenters. The maximum absolute atomic E-state index is 14.4. The number of ether oxygens (including phenoxy) is 1. The van der Waals surface area contributed by atoms with E-state index in [-0.39, 0.29) is 34.0 Å². The van der Waals surface area contributed by atoms with Gasteiger partial charge in [0.05, 0.1) is 17.7 Å². The molecule has 0 fully saturated rings. The summed E-state index contributed by atoms with van der Waals surface area (Å²) in [7, 11) is -1.50. The number of esters is 1. The third kappa shape index (κ3) is 3.10. The fourth-order valence-corrected chi connectivity index (χ4v) is 3.72. The Morgan fingerprint density at radius 2 is 2.00 bits per heavy atom. The van der Waals surface area contributed by atoms with Crippen molar-refractivity contribution < 1.29 is 22.3 Å². The Morgan fingerprint density at radius 1 is 1.30 bits per heavy atom. The van der Waals surface area contributed by atoms with Gasteiger partial charge in [0, 0.05) is 31.1 Å². The van der Waals surface area contributed by atoms with E-state index in [1.807, 2.05) is 6.92 Å². The van der Waals surface area contributed by atoms with Crippen LogP contribution in [0.2, 0.25) is 0 Å². The molecule has 27 heavy (non-hydrogen) atoms. The van der Waals surface area contributed by atoms with E-state index in [0.29, 0.717) is 6.42 Å².